The maximum Gasteiger partial charge on any atom is 0.249 e. The average Bonchev–Trinajstić information content (AvgIpc) is 3.06. The first-order valence-electron chi connectivity index (χ1n) is 20.2. The Bertz CT molecular complexity index is 679. The Morgan fingerprint density at radius 2 is 0.891 bits per heavy atom. The molecule has 0 rings (SSSR count). The zero-order valence-electron chi connectivity index (χ0n) is 30.7. The fraction of sp³-hybridized carbons (Fsp3) is 0.878. The Kier molecular flexibility index (Phi) is 35.7. The number of rotatable bonds is 36. The minimum atomic E-state index is -1.10. The lowest BCUT2D eigenvalue weighted by Crippen LogP contribution is -2.48. The van der Waals surface area contributed by atoms with Crippen molar-refractivity contribution in [2.75, 3.05) is 6.61 Å². The van der Waals surface area contributed by atoms with Gasteiger partial charge in [0, 0.05) is 0 Å². The van der Waals surface area contributed by atoms with Crippen LogP contribution in [0.4, 0.5) is 0 Å². The molecule has 4 N–H and O–H groups in total. The predicted octanol–water partition coefficient (Wildman–Crippen LogP) is 11.0. The molecular weight excluding hydrogens is 570 g/mol. The van der Waals surface area contributed by atoms with E-state index in [0.29, 0.717) is 6.42 Å². The Labute approximate surface area is 286 Å². The van der Waals surface area contributed by atoms with Crippen LogP contribution in [0.3, 0.4) is 0 Å². The summed E-state index contributed by atoms with van der Waals surface area (Å²) in [6.45, 7) is 4.14. The van der Waals surface area contributed by atoms with Crippen molar-refractivity contribution in [1.29, 1.82) is 0 Å². The molecule has 0 aromatic carbocycles. The molecule has 0 radical (unpaired) electrons. The van der Waals surface area contributed by atoms with Crippen LogP contribution in [0.15, 0.2) is 24.3 Å². The number of hydrogen-bond donors (Lipinski definition) is 4. The van der Waals surface area contributed by atoms with Crippen molar-refractivity contribution in [2.24, 2.45) is 0 Å². The number of unbranched alkanes of at least 4 members (excludes halogenated alkanes) is 26. The van der Waals surface area contributed by atoms with E-state index >= 15 is 0 Å². The van der Waals surface area contributed by atoms with E-state index in [0.717, 1.165) is 38.5 Å². The molecular formula is C41H79NO4. The van der Waals surface area contributed by atoms with Gasteiger partial charge in [-0.3, -0.25) is 4.79 Å². The van der Waals surface area contributed by atoms with E-state index < -0.39 is 24.2 Å². The molecule has 3 unspecified atom stereocenters. The van der Waals surface area contributed by atoms with Crippen LogP contribution in [0, 0.1) is 0 Å². The molecule has 0 aromatic heterocycles. The van der Waals surface area contributed by atoms with Crippen LogP contribution < -0.4 is 5.32 Å². The molecule has 0 fully saturated rings. The third-order valence-corrected chi connectivity index (χ3v) is 9.29. The lowest BCUT2D eigenvalue weighted by atomic mass is 10.0. The van der Waals surface area contributed by atoms with Crippen LogP contribution in [-0.2, 0) is 4.79 Å². The smallest absolute Gasteiger partial charge is 0.249 e. The average molecular weight is 650 g/mol. The first-order chi connectivity index (χ1) is 22.6. The van der Waals surface area contributed by atoms with Gasteiger partial charge in [-0.05, 0) is 32.1 Å². The summed E-state index contributed by atoms with van der Waals surface area (Å²) in [5.74, 6) is -0.512. The number of carbonyl (C=O) groups is 1. The summed E-state index contributed by atoms with van der Waals surface area (Å²) in [5, 5.41) is 32.9. The summed E-state index contributed by atoms with van der Waals surface area (Å²) in [7, 11) is 0. The second-order valence-corrected chi connectivity index (χ2v) is 13.8. The number of aliphatic hydroxyl groups is 3. The Morgan fingerprint density at radius 3 is 1.33 bits per heavy atom. The third kappa shape index (κ3) is 31.4. The molecule has 5 heteroatoms. The van der Waals surface area contributed by atoms with E-state index in [9.17, 15) is 20.1 Å². The lowest BCUT2D eigenvalue weighted by Gasteiger charge is -2.21. The second-order valence-electron chi connectivity index (χ2n) is 13.8. The molecule has 0 saturated carbocycles. The maximum absolute atomic E-state index is 12.4. The van der Waals surface area contributed by atoms with Crippen LogP contribution in [0.2, 0.25) is 0 Å². The standard InChI is InChI=1S/C41H79NO4/c1-3-5-7-9-11-13-15-16-17-18-19-20-21-22-23-24-26-28-30-32-34-36-40(45)41(46)42-38(37-43)39(44)35-33-31-29-27-25-14-12-10-8-6-4-2/h25,27,33,35,38-40,43-45H,3-24,26,28-32,34,36-37H2,1-2H3,(H,42,46)/b27-25+,35-33+. The quantitative estimate of drug-likeness (QED) is 0.0401. The van der Waals surface area contributed by atoms with Gasteiger partial charge in [0.25, 0.3) is 0 Å². The van der Waals surface area contributed by atoms with Crippen molar-refractivity contribution < 1.29 is 20.1 Å². The molecule has 0 aliphatic carbocycles. The highest BCUT2D eigenvalue weighted by Crippen LogP contribution is 2.16. The number of allylic oxidation sites excluding steroid dienone is 3. The van der Waals surface area contributed by atoms with Crippen LogP contribution >= 0.6 is 0 Å². The first-order valence-corrected chi connectivity index (χ1v) is 20.2. The highest BCUT2D eigenvalue weighted by atomic mass is 16.3. The molecule has 272 valence electrons. The Balaban J connectivity index is 3.65. The number of carbonyl (C=O) groups excluding carboxylic acids is 1. The first kappa shape index (κ1) is 44.8. The molecule has 0 aliphatic rings. The number of nitrogens with one attached hydrogen (secondary N) is 1. The van der Waals surface area contributed by atoms with Gasteiger partial charge >= 0.3 is 0 Å². The lowest BCUT2D eigenvalue weighted by molar-refractivity contribution is -0.131. The third-order valence-electron chi connectivity index (χ3n) is 9.29. The van der Waals surface area contributed by atoms with Crippen molar-refractivity contribution in [3.63, 3.8) is 0 Å². The van der Waals surface area contributed by atoms with Gasteiger partial charge in [-0.1, -0.05) is 199 Å². The summed E-state index contributed by atoms with van der Waals surface area (Å²) in [6, 6.07) is -0.809. The van der Waals surface area contributed by atoms with Crippen molar-refractivity contribution in [2.45, 2.75) is 225 Å². The van der Waals surface area contributed by atoms with Crippen LogP contribution in [0.1, 0.15) is 206 Å². The summed E-state index contributed by atoms with van der Waals surface area (Å²) in [4.78, 5) is 12.4. The predicted molar refractivity (Wildman–Crippen MR) is 199 cm³/mol. The topological polar surface area (TPSA) is 89.8 Å². The van der Waals surface area contributed by atoms with Crippen LogP contribution in [0.5, 0.6) is 0 Å². The van der Waals surface area contributed by atoms with Crippen molar-refractivity contribution in [1.82, 2.24) is 5.32 Å². The van der Waals surface area contributed by atoms with Crippen molar-refractivity contribution in [3.05, 3.63) is 24.3 Å². The van der Waals surface area contributed by atoms with Gasteiger partial charge in [0.1, 0.15) is 6.10 Å². The summed E-state index contributed by atoms with van der Waals surface area (Å²) in [5.41, 5.74) is 0. The summed E-state index contributed by atoms with van der Waals surface area (Å²) < 4.78 is 0. The van der Waals surface area contributed by atoms with Gasteiger partial charge in [0.2, 0.25) is 5.91 Å². The summed E-state index contributed by atoms with van der Waals surface area (Å²) in [6.07, 6.45) is 43.5. The van der Waals surface area contributed by atoms with E-state index in [1.54, 1.807) is 6.08 Å². The van der Waals surface area contributed by atoms with Crippen molar-refractivity contribution in [3.8, 4) is 0 Å². The van der Waals surface area contributed by atoms with Gasteiger partial charge < -0.3 is 20.6 Å². The van der Waals surface area contributed by atoms with Gasteiger partial charge in [0.15, 0.2) is 0 Å². The molecule has 0 spiro atoms. The largest absolute Gasteiger partial charge is 0.394 e. The Morgan fingerprint density at radius 1 is 0.522 bits per heavy atom. The van der Waals surface area contributed by atoms with Gasteiger partial charge in [-0.25, -0.2) is 0 Å². The van der Waals surface area contributed by atoms with E-state index in [2.05, 4.69) is 31.3 Å². The molecule has 0 saturated heterocycles. The maximum atomic E-state index is 12.4. The minimum Gasteiger partial charge on any atom is -0.394 e. The van der Waals surface area contributed by atoms with Crippen molar-refractivity contribution >= 4 is 5.91 Å². The number of aliphatic hydroxyl groups excluding tert-OH is 3. The van der Waals surface area contributed by atoms with E-state index in [1.807, 2.05) is 6.08 Å². The monoisotopic (exact) mass is 650 g/mol. The number of hydrogen-bond acceptors (Lipinski definition) is 4. The Hall–Kier alpha value is -1.17. The van der Waals surface area contributed by atoms with Gasteiger partial charge in [-0.15, -0.1) is 0 Å². The molecule has 5 nitrogen and oxygen atoms in total. The molecule has 3 atom stereocenters. The van der Waals surface area contributed by atoms with Crippen LogP contribution in [-0.4, -0.2) is 46.1 Å². The van der Waals surface area contributed by atoms with Gasteiger partial charge in [0.05, 0.1) is 18.8 Å². The fourth-order valence-electron chi connectivity index (χ4n) is 6.08. The number of amides is 1. The molecule has 46 heavy (non-hydrogen) atoms. The van der Waals surface area contributed by atoms with E-state index in [1.165, 1.54) is 148 Å². The van der Waals surface area contributed by atoms with E-state index in [4.69, 9.17) is 0 Å². The van der Waals surface area contributed by atoms with Crippen LogP contribution in [0.25, 0.3) is 0 Å². The molecule has 0 bridgehead atoms. The zero-order valence-corrected chi connectivity index (χ0v) is 30.7. The zero-order chi connectivity index (χ0) is 33.8. The minimum absolute atomic E-state index is 0.374. The normalized spacial score (nSPS) is 13.9. The molecule has 1 amide bonds. The molecule has 0 heterocycles. The van der Waals surface area contributed by atoms with Gasteiger partial charge in [-0.2, -0.15) is 0 Å². The van der Waals surface area contributed by atoms with E-state index in [-0.39, 0.29) is 6.61 Å². The summed E-state index contributed by atoms with van der Waals surface area (Å²) >= 11 is 0. The second kappa shape index (κ2) is 36.7. The highest BCUT2D eigenvalue weighted by Gasteiger charge is 2.22. The highest BCUT2D eigenvalue weighted by molar-refractivity contribution is 5.80. The fourth-order valence-corrected chi connectivity index (χ4v) is 6.08. The SMILES string of the molecule is CCCCCCC/C=C/CC/C=C/C(O)C(CO)NC(=O)C(O)CCCCCCCCCCCCCCCCCCCCCCC. The molecule has 0 aromatic rings. The molecule has 0 aliphatic heterocycles.